The van der Waals surface area contributed by atoms with E-state index in [-0.39, 0.29) is 18.1 Å². The van der Waals surface area contributed by atoms with E-state index in [9.17, 15) is 9.59 Å². The van der Waals surface area contributed by atoms with Gasteiger partial charge in [-0.05, 0) is 84.3 Å². The number of ether oxygens (including phenoxy) is 2. The third-order valence-corrected chi connectivity index (χ3v) is 6.63. The Kier molecular flexibility index (Phi) is 8.53. The van der Waals surface area contributed by atoms with Crippen LogP contribution in [0.1, 0.15) is 40.9 Å². The second kappa shape index (κ2) is 12.0. The van der Waals surface area contributed by atoms with Crippen molar-refractivity contribution in [2.75, 3.05) is 6.61 Å². The molecular formula is C28H25ClN2O5S. The molecule has 0 saturated carbocycles. The molecule has 1 amide bonds. The van der Waals surface area contributed by atoms with Gasteiger partial charge in [0.15, 0.2) is 16.7 Å². The molecule has 1 saturated heterocycles. The third kappa shape index (κ3) is 6.72. The maximum atomic E-state index is 12.6. The minimum Gasteiger partial charge on any atom is -0.490 e. The maximum Gasteiger partial charge on any atom is 0.335 e. The van der Waals surface area contributed by atoms with Gasteiger partial charge in [-0.15, -0.1) is 0 Å². The topological polar surface area (TPSA) is 97.2 Å². The van der Waals surface area contributed by atoms with Crippen molar-refractivity contribution < 1.29 is 24.2 Å². The number of amides is 1. The second-order valence-electron chi connectivity index (χ2n) is 8.06. The highest BCUT2D eigenvalue weighted by Gasteiger charge is 2.24. The predicted molar refractivity (Wildman–Crippen MR) is 147 cm³/mol. The van der Waals surface area contributed by atoms with Crippen molar-refractivity contribution in [3.05, 3.63) is 92.8 Å². The van der Waals surface area contributed by atoms with E-state index in [2.05, 4.69) is 17.2 Å². The summed E-state index contributed by atoms with van der Waals surface area (Å²) in [5.74, 6) is -0.420. The zero-order valence-corrected chi connectivity index (χ0v) is 21.9. The standard InChI is InChI=1S/C28H25ClN2O5S/c1-3-17-7-11-21(12-8-17)30-28-31-26(32)24(37-28)15-19-13-22(29)25(23(14-19)35-4-2)36-16-18-5-9-20(10-6-18)27(33)34/h5-15H,3-4,16H2,1-2H3,(H,33,34)(H,30,31,32)/b24-15-. The lowest BCUT2D eigenvalue weighted by Crippen LogP contribution is -2.19. The molecule has 0 unspecified atom stereocenters. The Hall–Kier alpha value is -3.75. The molecule has 0 aliphatic carbocycles. The van der Waals surface area contributed by atoms with Gasteiger partial charge in [0.25, 0.3) is 5.91 Å². The quantitative estimate of drug-likeness (QED) is 0.304. The van der Waals surface area contributed by atoms with E-state index < -0.39 is 5.97 Å². The highest BCUT2D eigenvalue weighted by Crippen LogP contribution is 2.39. The Balaban J connectivity index is 1.52. The number of carboxylic acid groups (broad SMARTS) is 1. The van der Waals surface area contributed by atoms with E-state index in [1.807, 2.05) is 31.2 Å². The first kappa shape index (κ1) is 26.3. The fourth-order valence-corrected chi connectivity index (χ4v) is 4.64. The molecular weight excluding hydrogens is 512 g/mol. The molecule has 3 aromatic carbocycles. The zero-order valence-electron chi connectivity index (χ0n) is 20.3. The van der Waals surface area contributed by atoms with E-state index in [0.717, 1.165) is 17.7 Å². The molecule has 1 heterocycles. The molecule has 190 valence electrons. The lowest BCUT2D eigenvalue weighted by molar-refractivity contribution is -0.115. The van der Waals surface area contributed by atoms with E-state index in [4.69, 9.17) is 26.2 Å². The first-order valence-corrected chi connectivity index (χ1v) is 12.9. The Morgan fingerprint density at radius 2 is 1.76 bits per heavy atom. The number of halogens is 1. The number of nitrogens with zero attached hydrogens (tertiary/aromatic N) is 1. The average Bonchev–Trinajstić information content (AvgIpc) is 3.22. The molecule has 0 atom stereocenters. The van der Waals surface area contributed by atoms with Crippen LogP contribution in [-0.4, -0.2) is 28.8 Å². The molecule has 0 bridgehead atoms. The zero-order chi connectivity index (χ0) is 26.4. The van der Waals surface area contributed by atoms with Crippen LogP contribution in [-0.2, 0) is 17.8 Å². The SMILES string of the molecule is CCOc1cc(/C=C2\SC(=Nc3ccc(CC)cc3)NC2=O)cc(Cl)c1OCc1ccc(C(=O)O)cc1. The molecule has 0 aromatic heterocycles. The van der Waals surface area contributed by atoms with Crippen molar-refractivity contribution in [3.63, 3.8) is 0 Å². The Labute approximate surface area is 224 Å². The van der Waals surface area contributed by atoms with Crippen LogP contribution in [0, 0.1) is 0 Å². The molecule has 4 rings (SSSR count). The van der Waals surface area contributed by atoms with Gasteiger partial charge in [-0.2, -0.15) is 0 Å². The van der Waals surface area contributed by atoms with Gasteiger partial charge >= 0.3 is 5.97 Å². The summed E-state index contributed by atoms with van der Waals surface area (Å²) in [6.07, 6.45) is 2.68. The average molecular weight is 537 g/mol. The summed E-state index contributed by atoms with van der Waals surface area (Å²) >= 11 is 7.79. The van der Waals surface area contributed by atoms with Crippen molar-refractivity contribution in [3.8, 4) is 11.5 Å². The van der Waals surface area contributed by atoms with Crippen LogP contribution in [0.4, 0.5) is 5.69 Å². The van der Waals surface area contributed by atoms with E-state index in [1.165, 1.54) is 29.5 Å². The number of benzene rings is 3. The van der Waals surface area contributed by atoms with E-state index >= 15 is 0 Å². The Bertz CT molecular complexity index is 1370. The maximum absolute atomic E-state index is 12.6. The number of nitrogens with one attached hydrogen (secondary N) is 1. The predicted octanol–water partition coefficient (Wildman–Crippen LogP) is 6.47. The number of carboxylic acids is 1. The molecule has 1 aliphatic rings. The number of amidine groups is 1. The van der Waals surface area contributed by atoms with Crippen LogP contribution < -0.4 is 14.8 Å². The van der Waals surface area contributed by atoms with Gasteiger partial charge < -0.3 is 19.9 Å². The van der Waals surface area contributed by atoms with Crippen LogP contribution in [0.15, 0.2) is 70.6 Å². The van der Waals surface area contributed by atoms with Crippen molar-refractivity contribution >= 4 is 52.2 Å². The first-order chi connectivity index (χ1) is 17.9. The number of rotatable bonds is 9. The molecule has 3 aromatic rings. The molecule has 1 fully saturated rings. The number of thioether (sulfide) groups is 1. The van der Waals surface area contributed by atoms with Crippen LogP contribution in [0.25, 0.3) is 6.08 Å². The van der Waals surface area contributed by atoms with E-state index in [0.29, 0.717) is 38.8 Å². The smallest absolute Gasteiger partial charge is 0.335 e. The van der Waals surface area contributed by atoms with Crippen LogP contribution >= 0.6 is 23.4 Å². The van der Waals surface area contributed by atoms with Gasteiger partial charge in [0.2, 0.25) is 0 Å². The number of carbonyl (C=O) groups excluding carboxylic acids is 1. The van der Waals surface area contributed by atoms with Crippen molar-refractivity contribution in [1.82, 2.24) is 5.32 Å². The van der Waals surface area contributed by atoms with Crippen LogP contribution in [0.3, 0.4) is 0 Å². The lowest BCUT2D eigenvalue weighted by Gasteiger charge is -2.15. The molecule has 2 N–H and O–H groups in total. The molecule has 0 radical (unpaired) electrons. The number of carbonyl (C=O) groups is 2. The summed E-state index contributed by atoms with van der Waals surface area (Å²) < 4.78 is 11.7. The fraction of sp³-hybridized carbons (Fsp3) is 0.179. The Morgan fingerprint density at radius 1 is 1.05 bits per heavy atom. The second-order valence-corrected chi connectivity index (χ2v) is 9.49. The number of aliphatic imine (C=N–C) groups is 1. The monoisotopic (exact) mass is 536 g/mol. The normalized spacial score (nSPS) is 15.2. The molecule has 37 heavy (non-hydrogen) atoms. The molecule has 7 nitrogen and oxygen atoms in total. The minimum atomic E-state index is -0.989. The Morgan fingerprint density at radius 3 is 2.41 bits per heavy atom. The van der Waals surface area contributed by atoms with Gasteiger partial charge in [0.1, 0.15) is 6.61 Å². The summed E-state index contributed by atoms with van der Waals surface area (Å²) in [5.41, 5.74) is 3.65. The number of aryl methyl sites for hydroxylation is 1. The largest absolute Gasteiger partial charge is 0.490 e. The number of aromatic carboxylic acids is 1. The summed E-state index contributed by atoms with van der Waals surface area (Å²) in [4.78, 5) is 28.6. The fourth-order valence-electron chi connectivity index (χ4n) is 3.53. The number of hydrogen-bond donors (Lipinski definition) is 2. The summed E-state index contributed by atoms with van der Waals surface area (Å²) in [7, 11) is 0. The van der Waals surface area contributed by atoms with Crippen molar-refractivity contribution in [2.24, 2.45) is 4.99 Å². The van der Waals surface area contributed by atoms with Crippen LogP contribution in [0.5, 0.6) is 11.5 Å². The summed E-state index contributed by atoms with van der Waals surface area (Å²) in [5, 5.41) is 12.7. The van der Waals surface area contributed by atoms with Crippen LogP contribution in [0.2, 0.25) is 5.02 Å². The van der Waals surface area contributed by atoms with Crippen molar-refractivity contribution in [2.45, 2.75) is 26.9 Å². The summed E-state index contributed by atoms with van der Waals surface area (Å²) in [6, 6.07) is 17.7. The van der Waals surface area contributed by atoms with Gasteiger partial charge in [0, 0.05) is 0 Å². The van der Waals surface area contributed by atoms with Gasteiger partial charge in [-0.3, -0.25) is 4.79 Å². The van der Waals surface area contributed by atoms with Gasteiger partial charge in [-0.1, -0.05) is 42.8 Å². The first-order valence-electron chi connectivity index (χ1n) is 11.7. The van der Waals surface area contributed by atoms with E-state index in [1.54, 1.807) is 30.3 Å². The van der Waals surface area contributed by atoms with Gasteiger partial charge in [-0.25, -0.2) is 9.79 Å². The molecule has 1 aliphatic heterocycles. The van der Waals surface area contributed by atoms with Gasteiger partial charge in [0.05, 0.1) is 27.8 Å². The highest BCUT2D eigenvalue weighted by atomic mass is 35.5. The summed E-state index contributed by atoms with van der Waals surface area (Å²) in [6.45, 7) is 4.51. The third-order valence-electron chi connectivity index (χ3n) is 5.44. The number of hydrogen-bond acceptors (Lipinski definition) is 6. The molecule has 0 spiro atoms. The molecule has 9 heteroatoms. The highest BCUT2D eigenvalue weighted by molar-refractivity contribution is 8.18. The minimum absolute atomic E-state index is 0.178. The lowest BCUT2D eigenvalue weighted by atomic mass is 10.1. The van der Waals surface area contributed by atoms with Crippen molar-refractivity contribution in [1.29, 1.82) is 0 Å².